The van der Waals surface area contributed by atoms with Crippen LogP contribution in [0.5, 0.6) is 0 Å². The van der Waals surface area contributed by atoms with Crippen molar-refractivity contribution in [3.05, 3.63) is 54.6 Å². The Balaban J connectivity index is 1.33. The van der Waals surface area contributed by atoms with Gasteiger partial charge in [0.2, 0.25) is 0 Å². The van der Waals surface area contributed by atoms with Crippen LogP contribution in [0, 0.1) is 5.92 Å². The number of nitrogens with one attached hydrogen (secondary N) is 1. The van der Waals surface area contributed by atoms with Gasteiger partial charge in [-0.3, -0.25) is 4.99 Å². The third kappa shape index (κ3) is 5.59. The minimum Gasteiger partial charge on any atom is -0.376 e. The van der Waals surface area contributed by atoms with Gasteiger partial charge in [-0.05, 0) is 18.4 Å². The molecule has 0 amide bonds. The molecule has 26 heavy (non-hydrogen) atoms. The van der Waals surface area contributed by atoms with Crippen molar-refractivity contribution < 1.29 is 4.74 Å². The maximum atomic E-state index is 5.91. The molecule has 1 saturated heterocycles. The zero-order chi connectivity index (χ0) is 18.0. The number of aliphatic imine (C=N–C) groups is 1. The molecule has 3 rings (SSSR count). The van der Waals surface area contributed by atoms with Gasteiger partial charge in [-0.15, -0.1) is 0 Å². The van der Waals surface area contributed by atoms with Crippen LogP contribution in [0.15, 0.2) is 54.0 Å². The van der Waals surface area contributed by atoms with Crippen LogP contribution in [0.25, 0.3) is 0 Å². The Morgan fingerprint density at radius 2 is 2.23 bits per heavy atom. The number of hydrogen-bond acceptors (Lipinski definition) is 3. The van der Waals surface area contributed by atoms with Crippen molar-refractivity contribution in [2.24, 2.45) is 10.9 Å². The summed E-state index contributed by atoms with van der Waals surface area (Å²) < 4.78 is 8.01. The lowest BCUT2D eigenvalue weighted by atomic mass is 10.1. The van der Waals surface area contributed by atoms with Crippen LogP contribution in [-0.2, 0) is 17.9 Å². The summed E-state index contributed by atoms with van der Waals surface area (Å²) >= 11 is 0. The second kappa shape index (κ2) is 9.97. The first kappa shape index (κ1) is 18.5. The monoisotopic (exact) mass is 355 g/mol. The molecule has 140 valence electrons. The Kier molecular flexibility index (Phi) is 7.07. The molecule has 2 aromatic rings. The molecule has 6 nitrogen and oxygen atoms in total. The highest BCUT2D eigenvalue weighted by molar-refractivity contribution is 5.80. The highest BCUT2D eigenvalue weighted by atomic mass is 16.5. The molecule has 1 aliphatic heterocycles. The van der Waals surface area contributed by atoms with E-state index < -0.39 is 0 Å². The van der Waals surface area contributed by atoms with Gasteiger partial charge in [-0.25, -0.2) is 4.98 Å². The Morgan fingerprint density at radius 1 is 1.35 bits per heavy atom. The molecule has 6 heteroatoms. The maximum absolute atomic E-state index is 5.91. The number of ether oxygens (including phenoxy) is 1. The van der Waals surface area contributed by atoms with Crippen LogP contribution in [0.1, 0.15) is 18.4 Å². The standard InChI is InChI=1S/C20H29N5O/c1-21-20(23-9-5-11-24-13-10-22-17-24)25-12-8-19(14-25)16-26-15-18-6-3-2-4-7-18/h2-4,6-7,10,13,17,19H,5,8-9,11-12,14-16H2,1H3,(H,21,23). The fraction of sp³-hybridized carbons (Fsp3) is 0.500. The van der Waals surface area contributed by atoms with E-state index in [9.17, 15) is 0 Å². The second-order valence-electron chi connectivity index (χ2n) is 6.73. The fourth-order valence-corrected chi connectivity index (χ4v) is 3.29. The summed E-state index contributed by atoms with van der Waals surface area (Å²) in [7, 11) is 1.86. The number of guanidine groups is 1. The van der Waals surface area contributed by atoms with Crippen molar-refractivity contribution in [1.29, 1.82) is 0 Å². The first-order valence-corrected chi connectivity index (χ1v) is 9.38. The van der Waals surface area contributed by atoms with Gasteiger partial charge >= 0.3 is 0 Å². The number of nitrogens with zero attached hydrogens (tertiary/aromatic N) is 4. The molecule has 0 saturated carbocycles. The van der Waals surface area contributed by atoms with Crippen LogP contribution >= 0.6 is 0 Å². The van der Waals surface area contributed by atoms with E-state index in [-0.39, 0.29) is 0 Å². The smallest absolute Gasteiger partial charge is 0.193 e. The predicted molar refractivity (Wildman–Crippen MR) is 104 cm³/mol. The van der Waals surface area contributed by atoms with E-state index in [4.69, 9.17) is 4.74 Å². The van der Waals surface area contributed by atoms with Gasteiger partial charge < -0.3 is 19.5 Å². The van der Waals surface area contributed by atoms with Crippen molar-refractivity contribution in [2.75, 3.05) is 33.3 Å². The van der Waals surface area contributed by atoms with Crippen molar-refractivity contribution >= 4 is 5.96 Å². The summed E-state index contributed by atoms with van der Waals surface area (Å²) in [5, 5.41) is 3.48. The predicted octanol–water partition coefficient (Wildman–Crippen LogP) is 2.39. The molecule has 1 aromatic carbocycles. The molecular weight excluding hydrogens is 326 g/mol. The Morgan fingerprint density at radius 3 is 3.00 bits per heavy atom. The SMILES string of the molecule is CN=C(NCCCn1ccnc1)N1CCC(COCc2ccccc2)C1. The van der Waals surface area contributed by atoms with Gasteiger partial charge in [-0.1, -0.05) is 30.3 Å². The highest BCUT2D eigenvalue weighted by Crippen LogP contribution is 2.17. The number of aromatic nitrogens is 2. The summed E-state index contributed by atoms with van der Waals surface area (Å²) in [5.41, 5.74) is 1.23. The average Bonchev–Trinajstić information content (AvgIpc) is 3.35. The number of likely N-dealkylation sites (tertiary alicyclic amines) is 1. The lowest BCUT2D eigenvalue weighted by Crippen LogP contribution is -2.40. The Hall–Kier alpha value is -2.34. The van der Waals surface area contributed by atoms with Crippen LogP contribution in [0.4, 0.5) is 0 Å². The molecule has 1 atom stereocenters. The van der Waals surface area contributed by atoms with Crippen LogP contribution < -0.4 is 5.32 Å². The maximum Gasteiger partial charge on any atom is 0.193 e. The minimum absolute atomic E-state index is 0.572. The molecule has 0 radical (unpaired) electrons. The van der Waals surface area contributed by atoms with Gasteiger partial charge in [0.1, 0.15) is 0 Å². The Labute approximate surface area is 155 Å². The van der Waals surface area contributed by atoms with E-state index >= 15 is 0 Å². The van der Waals surface area contributed by atoms with E-state index in [1.807, 2.05) is 31.8 Å². The normalized spacial score (nSPS) is 17.7. The Bertz CT molecular complexity index is 656. The lowest BCUT2D eigenvalue weighted by Gasteiger charge is -2.21. The minimum atomic E-state index is 0.572. The zero-order valence-corrected chi connectivity index (χ0v) is 15.6. The van der Waals surface area contributed by atoms with Gasteiger partial charge in [0, 0.05) is 51.5 Å². The third-order valence-electron chi connectivity index (χ3n) is 4.70. The van der Waals surface area contributed by atoms with Gasteiger partial charge in [0.15, 0.2) is 5.96 Å². The van der Waals surface area contributed by atoms with Gasteiger partial charge in [0.25, 0.3) is 0 Å². The summed E-state index contributed by atoms with van der Waals surface area (Å²) in [6, 6.07) is 10.4. The van der Waals surface area contributed by atoms with Gasteiger partial charge in [0.05, 0.1) is 19.5 Å². The van der Waals surface area contributed by atoms with Crippen molar-refractivity contribution in [2.45, 2.75) is 26.0 Å². The summed E-state index contributed by atoms with van der Waals surface area (Å²) in [5.74, 6) is 1.57. The third-order valence-corrected chi connectivity index (χ3v) is 4.70. The topological polar surface area (TPSA) is 54.7 Å². The van der Waals surface area contributed by atoms with Crippen molar-refractivity contribution in [3.63, 3.8) is 0 Å². The number of imidazole rings is 1. The first-order valence-electron chi connectivity index (χ1n) is 9.38. The van der Waals surface area contributed by atoms with Gasteiger partial charge in [-0.2, -0.15) is 0 Å². The van der Waals surface area contributed by atoms with Crippen LogP contribution in [-0.4, -0.2) is 53.7 Å². The molecule has 1 N–H and O–H groups in total. The molecular formula is C20H29N5O. The molecule has 0 aliphatic carbocycles. The molecule has 1 aromatic heterocycles. The van der Waals surface area contributed by atoms with Crippen LogP contribution in [0.3, 0.4) is 0 Å². The largest absolute Gasteiger partial charge is 0.376 e. The quantitative estimate of drug-likeness (QED) is 0.449. The van der Waals surface area contributed by atoms with E-state index in [2.05, 4.69) is 49.0 Å². The molecule has 1 unspecified atom stereocenters. The van der Waals surface area contributed by atoms with E-state index in [1.165, 1.54) is 5.56 Å². The molecule has 1 fully saturated rings. The average molecular weight is 355 g/mol. The lowest BCUT2D eigenvalue weighted by molar-refractivity contribution is 0.0907. The molecule has 0 bridgehead atoms. The van der Waals surface area contributed by atoms with E-state index in [1.54, 1.807) is 0 Å². The summed E-state index contributed by atoms with van der Waals surface area (Å²) in [6.07, 6.45) is 7.87. The van der Waals surface area contributed by atoms with E-state index in [0.29, 0.717) is 12.5 Å². The fourth-order valence-electron chi connectivity index (χ4n) is 3.29. The summed E-state index contributed by atoms with van der Waals surface area (Å²) in [6.45, 7) is 5.44. The van der Waals surface area contributed by atoms with Crippen molar-refractivity contribution in [1.82, 2.24) is 19.8 Å². The number of benzene rings is 1. The molecule has 2 heterocycles. The summed E-state index contributed by atoms with van der Waals surface area (Å²) in [4.78, 5) is 10.8. The number of hydrogen-bond donors (Lipinski definition) is 1. The highest BCUT2D eigenvalue weighted by Gasteiger charge is 2.24. The van der Waals surface area contributed by atoms with Crippen LogP contribution in [0.2, 0.25) is 0 Å². The molecule has 1 aliphatic rings. The first-order chi connectivity index (χ1) is 12.8. The number of aryl methyl sites for hydroxylation is 1. The van der Waals surface area contributed by atoms with E-state index in [0.717, 1.165) is 51.6 Å². The molecule has 0 spiro atoms. The second-order valence-corrected chi connectivity index (χ2v) is 6.73. The van der Waals surface area contributed by atoms with Crippen molar-refractivity contribution in [3.8, 4) is 0 Å². The number of rotatable bonds is 8. The zero-order valence-electron chi connectivity index (χ0n) is 15.6.